The quantitative estimate of drug-likeness (QED) is 0.576. The molecule has 3 nitrogen and oxygen atoms in total. The van der Waals surface area contributed by atoms with Gasteiger partial charge in [-0.25, -0.2) is 4.98 Å². The Morgan fingerprint density at radius 2 is 1.89 bits per heavy atom. The van der Waals surface area contributed by atoms with Crippen LogP contribution in [0.2, 0.25) is 5.02 Å². The van der Waals surface area contributed by atoms with Gasteiger partial charge in [0.05, 0.1) is 11.3 Å². The average Bonchev–Trinajstić information content (AvgIpc) is 2.94. The van der Waals surface area contributed by atoms with Crippen molar-refractivity contribution < 1.29 is 18.0 Å². The van der Waals surface area contributed by atoms with Crippen LogP contribution in [-0.2, 0) is 12.6 Å². The van der Waals surface area contributed by atoms with Gasteiger partial charge in [0.15, 0.2) is 5.13 Å². The molecule has 0 atom stereocenters. The topological polar surface area (TPSA) is 42.0 Å². The molecule has 0 aliphatic carbocycles. The Morgan fingerprint density at radius 1 is 1.19 bits per heavy atom. The van der Waals surface area contributed by atoms with E-state index in [1.54, 1.807) is 37.3 Å². The van der Waals surface area contributed by atoms with Crippen molar-refractivity contribution in [2.24, 2.45) is 0 Å². The fraction of sp³-hybridized carbons (Fsp3) is 0.158. The summed E-state index contributed by atoms with van der Waals surface area (Å²) >= 11 is 7.05. The third-order valence-electron chi connectivity index (χ3n) is 3.84. The van der Waals surface area contributed by atoms with E-state index in [4.69, 9.17) is 11.6 Å². The van der Waals surface area contributed by atoms with Gasteiger partial charge in [-0.2, -0.15) is 13.2 Å². The number of anilines is 1. The summed E-state index contributed by atoms with van der Waals surface area (Å²) in [5.41, 5.74) is 0.959. The van der Waals surface area contributed by atoms with E-state index >= 15 is 0 Å². The summed E-state index contributed by atoms with van der Waals surface area (Å²) in [6.07, 6.45) is -4.07. The Labute approximate surface area is 162 Å². The lowest BCUT2D eigenvalue weighted by Gasteiger charge is -2.08. The van der Waals surface area contributed by atoms with Crippen molar-refractivity contribution in [1.29, 1.82) is 0 Å². The first kappa shape index (κ1) is 19.4. The highest BCUT2D eigenvalue weighted by molar-refractivity contribution is 7.15. The van der Waals surface area contributed by atoms with E-state index < -0.39 is 11.7 Å². The minimum absolute atomic E-state index is 0.310. The Bertz CT molecular complexity index is 968. The molecule has 27 heavy (non-hydrogen) atoms. The zero-order valence-electron chi connectivity index (χ0n) is 14.1. The normalized spacial score (nSPS) is 11.4. The van der Waals surface area contributed by atoms with Crippen LogP contribution in [0.25, 0.3) is 0 Å². The molecule has 1 heterocycles. The average molecular weight is 411 g/mol. The fourth-order valence-corrected chi connectivity index (χ4v) is 3.58. The zero-order chi connectivity index (χ0) is 19.6. The predicted octanol–water partition coefficient (Wildman–Crippen LogP) is 5.97. The predicted molar refractivity (Wildman–Crippen MR) is 101 cm³/mol. The Kier molecular flexibility index (Phi) is 5.53. The molecule has 0 aliphatic heterocycles. The molecule has 1 aromatic heterocycles. The van der Waals surface area contributed by atoms with Gasteiger partial charge in [0.25, 0.3) is 5.91 Å². The number of nitrogens with zero attached hydrogens (tertiary/aromatic N) is 1. The minimum Gasteiger partial charge on any atom is -0.298 e. The van der Waals surface area contributed by atoms with E-state index in [1.165, 1.54) is 17.4 Å². The van der Waals surface area contributed by atoms with Crippen molar-refractivity contribution in [3.63, 3.8) is 0 Å². The largest absolute Gasteiger partial charge is 0.416 e. The second-order valence-corrected chi connectivity index (χ2v) is 7.38. The third-order valence-corrected chi connectivity index (χ3v) is 5.16. The number of carbonyl (C=O) groups is 1. The number of halogens is 4. The van der Waals surface area contributed by atoms with Crippen molar-refractivity contribution in [1.82, 2.24) is 4.98 Å². The number of aromatic nitrogens is 1. The first-order chi connectivity index (χ1) is 12.7. The molecule has 0 unspecified atom stereocenters. The summed E-state index contributed by atoms with van der Waals surface area (Å²) in [5, 5.41) is 3.63. The number of hydrogen-bond acceptors (Lipinski definition) is 3. The number of alkyl halides is 3. The molecule has 8 heteroatoms. The molecule has 1 amide bonds. The van der Waals surface area contributed by atoms with Crippen molar-refractivity contribution in [3.05, 3.63) is 80.8 Å². The number of carbonyl (C=O) groups excluding carboxylic acids is 1. The number of amides is 1. The fourth-order valence-electron chi connectivity index (χ4n) is 2.46. The molecule has 3 aromatic rings. The van der Waals surface area contributed by atoms with Crippen LogP contribution < -0.4 is 5.32 Å². The number of nitrogens with one attached hydrogen (secondary N) is 1. The van der Waals surface area contributed by atoms with E-state index in [0.717, 1.165) is 17.0 Å². The van der Waals surface area contributed by atoms with Gasteiger partial charge in [0.2, 0.25) is 0 Å². The molecule has 0 saturated heterocycles. The minimum atomic E-state index is -4.38. The number of aryl methyl sites for hydroxylation is 1. The van der Waals surface area contributed by atoms with Crippen molar-refractivity contribution in [3.8, 4) is 0 Å². The highest BCUT2D eigenvalue weighted by Crippen LogP contribution is 2.31. The molecule has 0 radical (unpaired) electrons. The molecular weight excluding hydrogens is 397 g/mol. The maximum absolute atomic E-state index is 12.9. The summed E-state index contributed by atoms with van der Waals surface area (Å²) in [6.45, 7) is 1.76. The lowest BCUT2D eigenvalue weighted by Crippen LogP contribution is -2.11. The van der Waals surface area contributed by atoms with Gasteiger partial charge in [-0.1, -0.05) is 29.8 Å². The van der Waals surface area contributed by atoms with Gasteiger partial charge < -0.3 is 0 Å². The molecule has 0 fully saturated rings. The molecule has 0 aliphatic rings. The zero-order valence-corrected chi connectivity index (χ0v) is 15.7. The second kappa shape index (κ2) is 7.70. The summed E-state index contributed by atoms with van der Waals surface area (Å²) in [7, 11) is 0. The van der Waals surface area contributed by atoms with Gasteiger partial charge in [-0.3, -0.25) is 10.1 Å². The van der Waals surface area contributed by atoms with E-state index in [0.29, 0.717) is 33.4 Å². The maximum Gasteiger partial charge on any atom is 0.416 e. The molecule has 0 bridgehead atoms. The number of benzene rings is 2. The molecule has 2 aromatic carbocycles. The van der Waals surface area contributed by atoms with Crippen LogP contribution in [0.3, 0.4) is 0 Å². The van der Waals surface area contributed by atoms with E-state index in [1.807, 2.05) is 0 Å². The molecule has 3 rings (SSSR count). The van der Waals surface area contributed by atoms with Crippen molar-refractivity contribution in [2.75, 3.05) is 5.32 Å². The van der Waals surface area contributed by atoms with Crippen LogP contribution in [0.15, 0.2) is 48.5 Å². The van der Waals surface area contributed by atoms with Gasteiger partial charge in [0.1, 0.15) is 0 Å². The highest BCUT2D eigenvalue weighted by Gasteiger charge is 2.30. The van der Waals surface area contributed by atoms with Crippen LogP contribution in [0.1, 0.15) is 32.1 Å². The summed E-state index contributed by atoms with van der Waals surface area (Å²) < 4.78 is 38.6. The summed E-state index contributed by atoms with van der Waals surface area (Å²) in [4.78, 5) is 17.3. The van der Waals surface area contributed by atoms with E-state index in [2.05, 4.69) is 10.3 Å². The Hall–Kier alpha value is -2.38. The highest BCUT2D eigenvalue weighted by atomic mass is 35.5. The smallest absolute Gasteiger partial charge is 0.298 e. The Balaban J connectivity index is 1.75. The maximum atomic E-state index is 12.9. The summed E-state index contributed by atoms with van der Waals surface area (Å²) in [5.74, 6) is -0.328. The van der Waals surface area contributed by atoms with Gasteiger partial charge in [-0.05, 0) is 42.8 Å². The van der Waals surface area contributed by atoms with Crippen LogP contribution in [0.4, 0.5) is 18.3 Å². The van der Waals surface area contributed by atoms with E-state index in [-0.39, 0.29) is 5.91 Å². The lowest BCUT2D eigenvalue weighted by atomic mass is 10.1. The third kappa shape index (κ3) is 4.87. The van der Waals surface area contributed by atoms with Crippen LogP contribution >= 0.6 is 22.9 Å². The van der Waals surface area contributed by atoms with Gasteiger partial charge in [0, 0.05) is 21.9 Å². The molecule has 0 saturated carbocycles. The van der Waals surface area contributed by atoms with E-state index in [9.17, 15) is 18.0 Å². The SMILES string of the molecule is Cc1nc(NC(=O)c2ccc(Cl)cc2)sc1Cc1cccc(C(F)(F)F)c1. The standard InChI is InChI=1S/C19H14ClF3N2OS/c1-11-16(10-12-3-2-4-14(9-12)19(21,22)23)27-18(24-11)25-17(26)13-5-7-15(20)8-6-13/h2-9H,10H2,1H3,(H,24,25,26). The molecule has 1 N–H and O–H groups in total. The van der Waals surface area contributed by atoms with Crippen LogP contribution in [0, 0.1) is 6.92 Å². The molecule has 140 valence electrons. The van der Waals surface area contributed by atoms with Crippen LogP contribution in [-0.4, -0.2) is 10.9 Å². The number of rotatable bonds is 4. The first-order valence-electron chi connectivity index (χ1n) is 7.92. The lowest BCUT2D eigenvalue weighted by molar-refractivity contribution is -0.137. The monoisotopic (exact) mass is 410 g/mol. The summed E-state index contributed by atoms with van der Waals surface area (Å²) in [6, 6.07) is 11.6. The first-order valence-corrected chi connectivity index (χ1v) is 9.11. The molecular formula is C19H14ClF3N2OS. The van der Waals surface area contributed by atoms with Crippen molar-refractivity contribution in [2.45, 2.75) is 19.5 Å². The number of hydrogen-bond donors (Lipinski definition) is 1. The van der Waals surface area contributed by atoms with Gasteiger partial charge in [-0.15, -0.1) is 11.3 Å². The molecule has 0 spiro atoms. The van der Waals surface area contributed by atoms with Crippen molar-refractivity contribution >= 4 is 34.0 Å². The number of thiazole rings is 1. The Morgan fingerprint density at radius 3 is 2.56 bits per heavy atom. The van der Waals surface area contributed by atoms with Crippen LogP contribution in [0.5, 0.6) is 0 Å². The van der Waals surface area contributed by atoms with Gasteiger partial charge >= 0.3 is 6.18 Å². The second-order valence-electron chi connectivity index (χ2n) is 5.86.